The predicted molar refractivity (Wildman–Crippen MR) is 125 cm³/mol. The van der Waals surface area contributed by atoms with Gasteiger partial charge in [-0.2, -0.15) is 5.10 Å². The zero-order chi connectivity index (χ0) is 24.6. The summed E-state index contributed by atoms with van der Waals surface area (Å²) in [5, 5.41) is 14.2. The maximum atomic E-state index is 13.6. The molecule has 0 spiro atoms. The number of amides is 1. The highest BCUT2D eigenvalue weighted by molar-refractivity contribution is 5.99. The fraction of sp³-hybridized carbons (Fsp3) is 0.308. The Balaban J connectivity index is 1.62. The number of hydrogen-bond acceptors (Lipinski definition) is 4. The number of halogens is 2. The number of carbonyl (C=O) groups is 1. The maximum Gasteiger partial charge on any atom is 0.254 e. The Morgan fingerprint density at radius 1 is 1.21 bits per heavy atom. The third-order valence-electron chi connectivity index (χ3n) is 5.76. The summed E-state index contributed by atoms with van der Waals surface area (Å²) < 4.78 is 29.0. The fourth-order valence-electron chi connectivity index (χ4n) is 4.20. The lowest BCUT2D eigenvalue weighted by atomic mass is 10.0. The molecule has 1 aliphatic heterocycles. The standard InChI is InChI=1S/C26H26F2N4O2/c1-26(2,34)7-6-18-14-30-31(3)24(18)17-4-5-23-19(11-17)15-32(25(23)33)22(13-29)10-16-8-20(27)12-21(28)9-16/h4-5,8-9,11-12,14,22,34H,10,13,15,29H2,1-3H3. The van der Waals surface area contributed by atoms with Gasteiger partial charge in [0.25, 0.3) is 5.91 Å². The summed E-state index contributed by atoms with van der Waals surface area (Å²) in [5.74, 6) is 4.30. The van der Waals surface area contributed by atoms with Crippen LogP contribution in [0.15, 0.2) is 42.6 Å². The maximum absolute atomic E-state index is 13.6. The highest BCUT2D eigenvalue weighted by atomic mass is 19.1. The second-order valence-corrected chi connectivity index (χ2v) is 9.02. The van der Waals surface area contributed by atoms with E-state index in [4.69, 9.17) is 5.73 Å². The van der Waals surface area contributed by atoms with Gasteiger partial charge in [0.2, 0.25) is 0 Å². The molecule has 176 valence electrons. The number of nitrogens with two attached hydrogens (primary N) is 1. The van der Waals surface area contributed by atoms with Gasteiger partial charge in [-0.25, -0.2) is 8.78 Å². The number of aromatic nitrogens is 2. The molecule has 0 bridgehead atoms. The van der Waals surface area contributed by atoms with Crippen molar-refractivity contribution in [2.45, 2.75) is 38.5 Å². The molecular formula is C26H26F2N4O2. The first-order valence-corrected chi connectivity index (χ1v) is 10.9. The van der Waals surface area contributed by atoms with E-state index < -0.39 is 23.3 Å². The molecule has 3 N–H and O–H groups in total. The monoisotopic (exact) mass is 464 g/mol. The summed E-state index contributed by atoms with van der Waals surface area (Å²) in [5.41, 5.74) is 8.94. The van der Waals surface area contributed by atoms with E-state index >= 15 is 0 Å². The van der Waals surface area contributed by atoms with E-state index in [9.17, 15) is 18.7 Å². The van der Waals surface area contributed by atoms with Crippen molar-refractivity contribution >= 4 is 5.91 Å². The van der Waals surface area contributed by atoms with E-state index in [2.05, 4.69) is 16.9 Å². The molecule has 0 fully saturated rings. The lowest BCUT2D eigenvalue weighted by molar-refractivity contribution is 0.0708. The van der Waals surface area contributed by atoms with Crippen molar-refractivity contribution in [1.82, 2.24) is 14.7 Å². The van der Waals surface area contributed by atoms with Crippen molar-refractivity contribution < 1.29 is 18.7 Å². The van der Waals surface area contributed by atoms with Crippen molar-refractivity contribution in [2.24, 2.45) is 12.8 Å². The van der Waals surface area contributed by atoms with Crippen molar-refractivity contribution in [3.63, 3.8) is 0 Å². The van der Waals surface area contributed by atoms with E-state index in [0.29, 0.717) is 23.2 Å². The van der Waals surface area contributed by atoms with Crippen molar-refractivity contribution in [2.75, 3.05) is 6.54 Å². The van der Waals surface area contributed by atoms with Crippen molar-refractivity contribution in [3.05, 3.63) is 76.5 Å². The second-order valence-electron chi connectivity index (χ2n) is 9.02. The molecule has 0 aliphatic carbocycles. The van der Waals surface area contributed by atoms with Crippen LogP contribution in [0.2, 0.25) is 0 Å². The number of aliphatic hydroxyl groups is 1. The number of carbonyl (C=O) groups excluding carboxylic acids is 1. The molecule has 1 amide bonds. The SMILES string of the molecule is Cn1ncc(C#CC(C)(C)O)c1-c1ccc2c(c1)CN(C(CN)Cc1cc(F)cc(F)c1)C2=O. The fourth-order valence-corrected chi connectivity index (χ4v) is 4.20. The number of aryl methyl sites for hydroxylation is 1. The molecule has 1 aromatic heterocycles. The zero-order valence-corrected chi connectivity index (χ0v) is 19.3. The Kier molecular flexibility index (Phi) is 6.26. The van der Waals surface area contributed by atoms with Crippen LogP contribution in [0, 0.1) is 23.5 Å². The Morgan fingerprint density at radius 2 is 1.91 bits per heavy atom. The molecule has 4 rings (SSSR count). The van der Waals surface area contributed by atoms with Gasteiger partial charge < -0.3 is 15.7 Å². The summed E-state index contributed by atoms with van der Waals surface area (Å²) in [6.07, 6.45) is 1.89. The van der Waals surface area contributed by atoms with Crippen LogP contribution in [0.4, 0.5) is 8.78 Å². The van der Waals surface area contributed by atoms with Gasteiger partial charge >= 0.3 is 0 Å². The molecule has 1 aliphatic rings. The third kappa shape index (κ3) is 4.86. The first kappa shape index (κ1) is 23.6. The Bertz CT molecular complexity index is 1290. The zero-order valence-electron chi connectivity index (χ0n) is 19.3. The molecule has 8 heteroatoms. The molecule has 1 atom stereocenters. The van der Waals surface area contributed by atoms with Crippen LogP contribution in [0.5, 0.6) is 0 Å². The van der Waals surface area contributed by atoms with Gasteiger partial charge in [0.15, 0.2) is 0 Å². The summed E-state index contributed by atoms with van der Waals surface area (Å²) in [6.45, 7) is 3.71. The van der Waals surface area contributed by atoms with Crippen LogP contribution < -0.4 is 5.73 Å². The second kappa shape index (κ2) is 9.01. The number of fused-ring (bicyclic) bond motifs is 1. The van der Waals surface area contributed by atoms with Gasteiger partial charge in [-0.15, -0.1) is 0 Å². The average Bonchev–Trinajstić information content (AvgIpc) is 3.28. The minimum Gasteiger partial charge on any atom is -0.378 e. The summed E-state index contributed by atoms with van der Waals surface area (Å²) in [7, 11) is 1.80. The third-order valence-corrected chi connectivity index (χ3v) is 5.76. The normalized spacial score (nSPS) is 14.1. The van der Waals surface area contributed by atoms with Gasteiger partial charge in [0.05, 0.1) is 17.5 Å². The molecule has 6 nitrogen and oxygen atoms in total. The van der Waals surface area contributed by atoms with E-state index in [-0.39, 0.29) is 18.9 Å². The molecule has 1 unspecified atom stereocenters. The summed E-state index contributed by atoms with van der Waals surface area (Å²) >= 11 is 0. The molecule has 0 radical (unpaired) electrons. The smallest absolute Gasteiger partial charge is 0.254 e. The van der Waals surface area contributed by atoms with Crippen LogP contribution in [0.1, 0.15) is 40.9 Å². The van der Waals surface area contributed by atoms with Gasteiger partial charge in [0, 0.05) is 43.4 Å². The number of rotatable bonds is 5. The van der Waals surface area contributed by atoms with Crippen LogP contribution in [0.25, 0.3) is 11.3 Å². The van der Waals surface area contributed by atoms with Crippen LogP contribution >= 0.6 is 0 Å². The minimum atomic E-state index is -1.14. The molecule has 0 saturated carbocycles. The number of benzene rings is 2. The largest absolute Gasteiger partial charge is 0.378 e. The highest BCUT2D eigenvalue weighted by Crippen LogP contribution is 2.31. The first-order chi connectivity index (χ1) is 16.1. The van der Waals surface area contributed by atoms with E-state index in [1.165, 1.54) is 12.1 Å². The van der Waals surface area contributed by atoms with Gasteiger partial charge in [-0.3, -0.25) is 9.48 Å². The predicted octanol–water partition coefficient (Wildman–Crippen LogP) is 3.01. The number of hydrogen-bond donors (Lipinski definition) is 2. The number of nitrogens with zero attached hydrogens (tertiary/aromatic N) is 3. The Morgan fingerprint density at radius 3 is 2.56 bits per heavy atom. The molecule has 2 aromatic carbocycles. The Hall–Kier alpha value is -3.54. The lowest BCUT2D eigenvalue weighted by Crippen LogP contribution is -2.42. The van der Waals surface area contributed by atoms with Gasteiger partial charge in [-0.05, 0) is 55.7 Å². The van der Waals surface area contributed by atoms with Crippen LogP contribution in [-0.2, 0) is 20.0 Å². The molecule has 34 heavy (non-hydrogen) atoms. The quantitative estimate of drug-likeness (QED) is 0.569. The average molecular weight is 465 g/mol. The van der Waals surface area contributed by atoms with Crippen molar-refractivity contribution in [1.29, 1.82) is 0 Å². The first-order valence-electron chi connectivity index (χ1n) is 10.9. The van der Waals surface area contributed by atoms with Gasteiger partial charge in [-0.1, -0.05) is 17.9 Å². The summed E-state index contributed by atoms with van der Waals surface area (Å²) in [4.78, 5) is 14.8. The van der Waals surface area contributed by atoms with E-state index in [1.807, 2.05) is 12.1 Å². The van der Waals surface area contributed by atoms with Crippen LogP contribution in [-0.4, -0.2) is 43.9 Å². The molecule has 3 aromatic rings. The molecule has 2 heterocycles. The van der Waals surface area contributed by atoms with E-state index in [1.54, 1.807) is 42.7 Å². The van der Waals surface area contributed by atoms with Crippen molar-refractivity contribution in [3.8, 4) is 23.1 Å². The minimum absolute atomic E-state index is 0.156. The lowest BCUT2D eigenvalue weighted by Gasteiger charge is -2.26. The topological polar surface area (TPSA) is 84.4 Å². The Labute approximate surface area is 197 Å². The van der Waals surface area contributed by atoms with Gasteiger partial charge in [0.1, 0.15) is 17.2 Å². The van der Waals surface area contributed by atoms with E-state index in [0.717, 1.165) is 22.9 Å². The summed E-state index contributed by atoms with van der Waals surface area (Å²) in [6, 6.07) is 8.46. The molecular weight excluding hydrogens is 438 g/mol. The highest BCUT2D eigenvalue weighted by Gasteiger charge is 2.32. The van der Waals surface area contributed by atoms with Crippen LogP contribution in [0.3, 0.4) is 0 Å². The molecule has 0 saturated heterocycles.